The first-order valence-corrected chi connectivity index (χ1v) is 16.8. The molecule has 2 aromatic rings. The molecule has 8 heteroatoms. The van der Waals surface area contributed by atoms with Gasteiger partial charge in [-0.25, -0.2) is 0 Å². The lowest BCUT2D eigenvalue weighted by atomic mass is 9.93. The van der Waals surface area contributed by atoms with E-state index in [0.717, 1.165) is 49.8 Å². The van der Waals surface area contributed by atoms with E-state index < -0.39 is 17.5 Å². The van der Waals surface area contributed by atoms with E-state index in [-0.39, 0.29) is 43.3 Å². The summed E-state index contributed by atoms with van der Waals surface area (Å²) in [6, 6.07) is 19.7. The smallest absolute Gasteiger partial charge is 0.309 e. The molecule has 0 spiro atoms. The third-order valence-electron chi connectivity index (χ3n) is 8.44. The molecule has 232 valence electrons. The Morgan fingerprint density at radius 1 is 0.953 bits per heavy atom. The summed E-state index contributed by atoms with van der Waals surface area (Å²) in [7, 11) is 0. The molecular formula is C35H46N2O5S. The van der Waals surface area contributed by atoms with Crippen molar-refractivity contribution in [3.63, 3.8) is 0 Å². The number of rotatable bonds is 10. The summed E-state index contributed by atoms with van der Waals surface area (Å²) in [5, 5.41) is 16.1. The van der Waals surface area contributed by atoms with Gasteiger partial charge in [0, 0.05) is 17.9 Å². The second-order valence-electron chi connectivity index (χ2n) is 12.0. The first-order valence-electron chi connectivity index (χ1n) is 15.7. The summed E-state index contributed by atoms with van der Waals surface area (Å²) in [6.45, 7) is -0.00706. The van der Waals surface area contributed by atoms with E-state index in [2.05, 4.69) is 22.8 Å². The molecule has 0 unspecified atom stereocenters. The molecule has 7 nitrogen and oxygen atoms in total. The molecule has 2 aliphatic rings. The number of cyclic esters (lactones) is 1. The molecule has 1 saturated carbocycles. The van der Waals surface area contributed by atoms with Crippen LogP contribution in [0.4, 0.5) is 0 Å². The largest absolute Gasteiger partial charge is 0.463 e. The van der Waals surface area contributed by atoms with E-state index in [0.29, 0.717) is 25.0 Å². The number of amides is 2. The maximum Gasteiger partial charge on any atom is 0.309 e. The molecule has 0 radical (unpaired) electrons. The number of hydrogen-bond donors (Lipinski definition) is 3. The predicted octanol–water partition coefficient (Wildman–Crippen LogP) is 5.36. The number of nitrogens with one attached hydrogen (secondary N) is 2. The van der Waals surface area contributed by atoms with Crippen molar-refractivity contribution in [2.75, 3.05) is 19.0 Å². The Balaban J connectivity index is 1.45. The maximum atomic E-state index is 13.6. The summed E-state index contributed by atoms with van der Waals surface area (Å²) in [6.07, 6.45) is 10.9. The molecule has 1 aliphatic heterocycles. The fraction of sp³-hybridized carbons (Fsp3) is 0.514. The van der Waals surface area contributed by atoms with Gasteiger partial charge in [0.05, 0.1) is 30.0 Å². The van der Waals surface area contributed by atoms with Crippen LogP contribution in [-0.2, 0) is 31.3 Å². The van der Waals surface area contributed by atoms with Crippen LogP contribution in [0.5, 0.6) is 0 Å². The number of esters is 1. The summed E-state index contributed by atoms with van der Waals surface area (Å²) >= 11 is 1.68. The van der Waals surface area contributed by atoms with Crippen LogP contribution in [-0.4, -0.2) is 53.4 Å². The molecule has 0 bridgehead atoms. The van der Waals surface area contributed by atoms with Crippen LogP contribution in [0.3, 0.4) is 0 Å². The van der Waals surface area contributed by atoms with E-state index in [1.165, 1.54) is 5.56 Å². The minimum Gasteiger partial charge on any atom is -0.463 e. The Morgan fingerprint density at radius 2 is 1.65 bits per heavy atom. The van der Waals surface area contributed by atoms with Gasteiger partial charge in [-0.1, -0.05) is 85.7 Å². The van der Waals surface area contributed by atoms with Crippen molar-refractivity contribution in [1.82, 2.24) is 10.6 Å². The SMILES string of the molecule is O=C(C[C@H]1CC=CCCC[C@H](Cc2ccccc2)C(=O)OC[C@H](CSCc2ccccc2)NC1=O)NC1(CO)CCCC1. The van der Waals surface area contributed by atoms with E-state index in [1.54, 1.807) is 11.8 Å². The van der Waals surface area contributed by atoms with Gasteiger partial charge in [-0.3, -0.25) is 14.4 Å². The quantitative estimate of drug-likeness (QED) is 0.248. The molecule has 0 saturated heterocycles. The first kappa shape index (κ1) is 32.8. The summed E-state index contributed by atoms with van der Waals surface area (Å²) in [5.41, 5.74) is 1.71. The van der Waals surface area contributed by atoms with Crippen molar-refractivity contribution in [3.05, 3.63) is 83.9 Å². The Hall–Kier alpha value is -3.10. The number of ether oxygens (including phenoxy) is 1. The van der Waals surface area contributed by atoms with Gasteiger partial charge >= 0.3 is 5.97 Å². The summed E-state index contributed by atoms with van der Waals surface area (Å²) in [4.78, 5) is 40.0. The van der Waals surface area contributed by atoms with Crippen LogP contribution >= 0.6 is 11.8 Å². The van der Waals surface area contributed by atoms with E-state index in [9.17, 15) is 19.5 Å². The van der Waals surface area contributed by atoms with Crippen LogP contribution in [0.2, 0.25) is 0 Å². The molecule has 3 N–H and O–H groups in total. The van der Waals surface area contributed by atoms with Crippen molar-refractivity contribution in [2.45, 2.75) is 81.5 Å². The molecule has 1 aliphatic carbocycles. The zero-order valence-corrected chi connectivity index (χ0v) is 25.9. The number of benzene rings is 2. The van der Waals surface area contributed by atoms with Crippen molar-refractivity contribution in [1.29, 1.82) is 0 Å². The predicted molar refractivity (Wildman–Crippen MR) is 171 cm³/mol. The number of carbonyl (C=O) groups is 3. The number of carbonyl (C=O) groups excluding carboxylic acids is 3. The second-order valence-corrected chi connectivity index (χ2v) is 13.0. The maximum absolute atomic E-state index is 13.6. The highest BCUT2D eigenvalue weighted by molar-refractivity contribution is 7.98. The van der Waals surface area contributed by atoms with Crippen LogP contribution in [0, 0.1) is 11.8 Å². The highest BCUT2D eigenvalue weighted by Gasteiger charge is 2.35. The topological polar surface area (TPSA) is 105 Å². The van der Waals surface area contributed by atoms with Gasteiger partial charge in [-0.2, -0.15) is 11.8 Å². The van der Waals surface area contributed by atoms with Crippen molar-refractivity contribution < 1.29 is 24.2 Å². The number of aliphatic hydroxyl groups excluding tert-OH is 1. The molecule has 1 heterocycles. The van der Waals surface area contributed by atoms with Crippen molar-refractivity contribution in [3.8, 4) is 0 Å². The van der Waals surface area contributed by atoms with Gasteiger partial charge in [0.2, 0.25) is 11.8 Å². The van der Waals surface area contributed by atoms with Gasteiger partial charge in [0.15, 0.2) is 0 Å². The molecule has 2 aromatic carbocycles. The average Bonchev–Trinajstić information content (AvgIpc) is 3.49. The zero-order chi connectivity index (χ0) is 30.3. The molecule has 1 fully saturated rings. The standard InChI is InChI=1S/C35H46N2O5S/c38-26-35(19-11-12-20-35)37-32(39)22-29-17-9-1-2-10-18-30(21-27-13-5-3-6-14-27)34(41)42-23-31(36-33(29)40)25-43-24-28-15-7-4-8-16-28/h1,3-9,13-16,29-31,38H,2,10-12,17-26H2,(H,36,40)(H,37,39)/t29-,30-,31-/m1/s1. The first-order chi connectivity index (χ1) is 21.0. The van der Waals surface area contributed by atoms with Gasteiger partial charge in [-0.05, 0) is 56.1 Å². The Labute approximate surface area is 260 Å². The Kier molecular flexibility index (Phi) is 13.2. The lowest BCUT2D eigenvalue weighted by Crippen LogP contribution is -2.50. The third-order valence-corrected chi connectivity index (χ3v) is 9.62. The average molecular weight is 607 g/mol. The van der Waals surface area contributed by atoms with E-state index in [4.69, 9.17) is 4.74 Å². The highest BCUT2D eigenvalue weighted by atomic mass is 32.2. The van der Waals surface area contributed by atoms with E-state index >= 15 is 0 Å². The summed E-state index contributed by atoms with van der Waals surface area (Å²) in [5.74, 6) is -0.134. The van der Waals surface area contributed by atoms with Crippen LogP contribution in [0.1, 0.15) is 68.9 Å². The monoisotopic (exact) mass is 606 g/mol. The van der Waals surface area contributed by atoms with Crippen LogP contribution in [0.15, 0.2) is 72.8 Å². The lowest BCUT2D eigenvalue weighted by molar-refractivity contribution is -0.150. The minimum atomic E-state index is -0.577. The van der Waals surface area contributed by atoms with Gasteiger partial charge in [0.1, 0.15) is 6.61 Å². The van der Waals surface area contributed by atoms with E-state index in [1.807, 2.05) is 60.7 Å². The molecule has 2 amide bonds. The molecule has 0 aromatic heterocycles. The normalized spacial score (nSPS) is 23.1. The molecule has 3 atom stereocenters. The molecule has 4 rings (SSSR count). The molecule has 43 heavy (non-hydrogen) atoms. The second kappa shape index (κ2) is 17.3. The summed E-state index contributed by atoms with van der Waals surface area (Å²) < 4.78 is 5.88. The third kappa shape index (κ3) is 10.8. The number of thioether (sulfide) groups is 1. The fourth-order valence-corrected chi connectivity index (χ4v) is 6.94. The van der Waals surface area contributed by atoms with Gasteiger partial charge in [0.25, 0.3) is 0 Å². The van der Waals surface area contributed by atoms with Gasteiger partial charge in [-0.15, -0.1) is 0 Å². The minimum absolute atomic E-state index is 0.0424. The van der Waals surface area contributed by atoms with Crippen LogP contribution < -0.4 is 10.6 Å². The number of aliphatic hydroxyl groups is 1. The van der Waals surface area contributed by atoms with Crippen molar-refractivity contribution >= 4 is 29.5 Å². The van der Waals surface area contributed by atoms with Crippen LogP contribution in [0.25, 0.3) is 0 Å². The molecular weight excluding hydrogens is 560 g/mol. The fourth-order valence-electron chi connectivity index (χ4n) is 5.93. The van der Waals surface area contributed by atoms with Gasteiger partial charge < -0.3 is 20.5 Å². The number of allylic oxidation sites excluding steroid dienone is 2. The zero-order valence-electron chi connectivity index (χ0n) is 25.0. The Morgan fingerprint density at radius 3 is 2.35 bits per heavy atom. The number of hydrogen-bond acceptors (Lipinski definition) is 6. The lowest BCUT2D eigenvalue weighted by Gasteiger charge is -2.29. The highest BCUT2D eigenvalue weighted by Crippen LogP contribution is 2.29. The Bertz CT molecular complexity index is 1180. The van der Waals surface area contributed by atoms with Crippen molar-refractivity contribution in [2.24, 2.45) is 11.8 Å².